The zero-order valence-electron chi connectivity index (χ0n) is 15.4. The first kappa shape index (κ1) is 17.7. The molecule has 1 aromatic carbocycles. The lowest BCUT2D eigenvalue weighted by Crippen LogP contribution is -2.24. The van der Waals surface area contributed by atoms with E-state index >= 15 is 0 Å². The molecule has 0 saturated heterocycles. The van der Waals surface area contributed by atoms with Gasteiger partial charge in [-0.3, -0.25) is 15.2 Å². The highest BCUT2D eigenvalue weighted by Gasteiger charge is 2.41. The third-order valence-corrected chi connectivity index (χ3v) is 4.72. The summed E-state index contributed by atoms with van der Waals surface area (Å²) in [6.45, 7) is 5.84. The van der Waals surface area contributed by atoms with Crippen molar-refractivity contribution >= 4 is 5.69 Å². The van der Waals surface area contributed by atoms with Crippen molar-refractivity contribution in [1.82, 2.24) is 10.2 Å². The fourth-order valence-electron chi connectivity index (χ4n) is 3.46. The summed E-state index contributed by atoms with van der Waals surface area (Å²) in [5.41, 5.74) is 6.91. The van der Waals surface area contributed by atoms with Gasteiger partial charge in [0.1, 0.15) is 11.6 Å². The number of fused-ring (bicyclic) bond motifs is 2. The van der Waals surface area contributed by atoms with Crippen LogP contribution in [0.25, 0.3) is 0 Å². The second kappa shape index (κ2) is 5.88. The number of nitro benzene ring substituents is 1. The van der Waals surface area contributed by atoms with Crippen molar-refractivity contribution in [1.29, 1.82) is 5.26 Å². The SMILES string of the molecule is CC(C)(C)c1[nH]nc2c1[C@@H](c1cc3c(cc1[N+](=O)[O-])OCO3)C(C#N)=C(N)O2. The number of nitrogens with two attached hydrogens (primary N) is 1. The van der Waals surface area contributed by atoms with Crippen LogP contribution >= 0.6 is 0 Å². The Morgan fingerprint density at radius 2 is 2.04 bits per heavy atom. The molecule has 1 atom stereocenters. The fraction of sp³-hybridized carbons (Fsp3) is 0.333. The van der Waals surface area contributed by atoms with Crippen LogP contribution in [0.2, 0.25) is 0 Å². The van der Waals surface area contributed by atoms with Crippen LogP contribution in [-0.2, 0) is 5.41 Å². The average molecular weight is 383 g/mol. The number of rotatable bonds is 2. The smallest absolute Gasteiger partial charge is 0.277 e. The Labute approximate surface area is 159 Å². The zero-order valence-corrected chi connectivity index (χ0v) is 15.4. The van der Waals surface area contributed by atoms with Gasteiger partial charge in [-0.05, 0) is 6.07 Å². The molecule has 3 heterocycles. The third-order valence-electron chi connectivity index (χ3n) is 4.72. The molecule has 0 radical (unpaired) electrons. The van der Waals surface area contributed by atoms with Gasteiger partial charge in [0.2, 0.25) is 18.6 Å². The molecule has 0 saturated carbocycles. The standard InChI is InChI=1S/C18H17N5O5/c1-18(2,3)15-14-13(9(6-19)16(20)28-17(14)22-21-15)8-4-11-12(27-7-26-11)5-10(8)23(24)25/h4-5,13H,7,20H2,1-3H3,(H,21,22)/t13-/m0/s1. The topological polar surface area (TPSA) is 149 Å². The Morgan fingerprint density at radius 3 is 2.64 bits per heavy atom. The molecule has 0 spiro atoms. The van der Waals surface area contributed by atoms with Crippen molar-refractivity contribution in [3.63, 3.8) is 0 Å². The monoisotopic (exact) mass is 383 g/mol. The maximum absolute atomic E-state index is 11.8. The first-order valence-corrected chi connectivity index (χ1v) is 8.46. The fourth-order valence-corrected chi connectivity index (χ4v) is 3.46. The van der Waals surface area contributed by atoms with E-state index in [4.69, 9.17) is 19.9 Å². The lowest BCUT2D eigenvalue weighted by Gasteiger charge is -2.27. The van der Waals surface area contributed by atoms with E-state index in [9.17, 15) is 15.4 Å². The number of aromatic nitrogens is 2. The summed E-state index contributed by atoms with van der Waals surface area (Å²) in [5, 5.41) is 28.6. The highest BCUT2D eigenvalue weighted by atomic mass is 16.7. The molecule has 0 fully saturated rings. The number of hydrogen-bond acceptors (Lipinski definition) is 8. The van der Waals surface area contributed by atoms with Crippen molar-refractivity contribution in [3.8, 4) is 23.4 Å². The van der Waals surface area contributed by atoms with Crippen LogP contribution in [0.15, 0.2) is 23.6 Å². The molecule has 2 aliphatic heterocycles. The van der Waals surface area contributed by atoms with Gasteiger partial charge in [-0.2, -0.15) is 5.26 Å². The van der Waals surface area contributed by atoms with E-state index < -0.39 is 10.8 Å². The number of nitrogens with zero attached hydrogens (tertiary/aromatic N) is 3. The number of nitrogens with one attached hydrogen (secondary N) is 1. The molecule has 0 bridgehead atoms. The first-order valence-electron chi connectivity index (χ1n) is 8.46. The molecule has 2 aliphatic rings. The molecule has 0 amide bonds. The van der Waals surface area contributed by atoms with Crippen LogP contribution in [0.1, 0.15) is 43.5 Å². The normalized spacial score (nSPS) is 17.7. The van der Waals surface area contributed by atoms with Crippen molar-refractivity contribution in [2.45, 2.75) is 32.1 Å². The molecule has 28 heavy (non-hydrogen) atoms. The largest absolute Gasteiger partial charge is 0.454 e. The van der Waals surface area contributed by atoms with E-state index in [2.05, 4.69) is 10.2 Å². The summed E-state index contributed by atoms with van der Waals surface area (Å²) < 4.78 is 16.2. The van der Waals surface area contributed by atoms with Gasteiger partial charge < -0.3 is 19.9 Å². The highest BCUT2D eigenvalue weighted by molar-refractivity contribution is 5.64. The summed E-state index contributed by atoms with van der Waals surface area (Å²) in [6.07, 6.45) is 0. The zero-order chi connectivity index (χ0) is 20.2. The molecule has 10 heteroatoms. The number of aromatic amines is 1. The average Bonchev–Trinajstić information content (AvgIpc) is 3.24. The summed E-state index contributed by atoms with van der Waals surface area (Å²) in [7, 11) is 0. The third kappa shape index (κ3) is 2.51. The van der Waals surface area contributed by atoms with E-state index in [0.29, 0.717) is 17.0 Å². The number of nitro groups is 1. The minimum atomic E-state index is -0.836. The van der Waals surface area contributed by atoms with Gasteiger partial charge in [0.25, 0.3) is 5.69 Å². The van der Waals surface area contributed by atoms with Gasteiger partial charge in [0, 0.05) is 16.7 Å². The summed E-state index contributed by atoms with van der Waals surface area (Å²) in [6, 6.07) is 4.86. The van der Waals surface area contributed by atoms with E-state index in [-0.39, 0.29) is 46.5 Å². The molecule has 1 aromatic heterocycles. The first-order chi connectivity index (χ1) is 13.2. The Kier molecular flexibility index (Phi) is 3.71. The number of hydrogen-bond donors (Lipinski definition) is 2. The second-order valence-corrected chi connectivity index (χ2v) is 7.51. The van der Waals surface area contributed by atoms with Crippen LogP contribution < -0.4 is 19.9 Å². The van der Waals surface area contributed by atoms with Crippen LogP contribution in [-0.4, -0.2) is 21.9 Å². The van der Waals surface area contributed by atoms with Gasteiger partial charge in [0.05, 0.1) is 22.5 Å². The Morgan fingerprint density at radius 1 is 1.36 bits per heavy atom. The minimum absolute atomic E-state index is 0.0307. The van der Waals surface area contributed by atoms with E-state index in [1.807, 2.05) is 26.8 Å². The molecule has 4 rings (SSSR count). The van der Waals surface area contributed by atoms with Crippen molar-refractivity contribution in [3.05, 3.63) is 50.5 Å². The van der Waals surface area contributed by atoms with Gasteiger partial charge in [-0.25, -0.2) is 0 Å². The van der Waals surface area contributed by atoms with Gasteiger partial charge in [0.15, 0.2) is 11.5 Å². The maximum Gasteiger partial charge on any atom is 0.277 e. The Balaban J connectivity index is 2.04. The van der Waals surface area contributed by atoms with E-state index in [0.717, 1.165) is 0 Å². The predicted octanol–water partition coefficient (Wildman–Crippen LogP) is 2.56. The molecule has 0 aliphatic carbocycles. The van der Waals surface area contributed by atoms with Crippen molar-refractivity contribution in [2.75, 3.05) is 6.79 Å². The van der Waals surface area contributed by atoms with E-state index in [1.54, 1.807) is 0 Å². The Bertz CT molecular complexity index is 1070. The van der Waals surface area contributed by atoms with Crippen molar-refractivity contribution in [2.24, 2.45) is 5.73 Å². The summed E-state index contributed by atoms with van der Waals surface area (Å²) in [4.78, 5) is 11.3. The van der Waals surface area contributed by atoms with Crippen LogP contribution in [0.4, 0.5) is 5.69 Å². The van der Waals surface area contributed by atoms with Gasteiger partial charge >= 0.3 is 0 Å². The second-order valence-electron chi connectivity index (χ2n) is 7.51. The maximum atomic E-state index is 11.8. The Hall–Kier alpha value is -3.74. The summed E-state index contributed by atoms with van der Waals surface area (Å²) >= 11 is 0. The quantitative estimate of drug-likeness (QED) is 0.593. The number of allylic oxidation sites excluding steroid dienone is 1. The highest BCUT2D eigenvalue weighted by Crippen LogP contribution is 2.50. The molecular weight excluding hydrogens is 366 g/mol. The number of H-pyrrole nitrogens is 1. The van der Waals surface area contributed by atoms with Crippen LogP contribution in [0.3, 0.4) is 0 Å². The molecule has 3 N–H and O–H groups in total. The molecular formula is C18H17N5O5. The van der Waals surface area contributed by atoms with Gasteiger partial charge in [-0.15, -0.1) is 5.10 Å². The van der Waals surface area contributed by atoms with Gasteiger partial charge in [-0.1, -0.05) is 20.8 Å². The van der Waals surface area contributed by atoms with Crippen LogP contribution in [0, 0.1) is 21.4 Å². The molecule has 144 valence electrons. The lowest BCUT2D eigenvalue weighted by molar-refractivity contribution is -0.385. The molecule has 2 aromatic rings. The van der Waals surface area contributed by atoms with Crippen LogP contribution in [0.5, 0.6) is 17.4 Å². The van der Waals surface area contributed by atoms with Crippen molar-refractivity contribution < 1.29 is 19.1 Å². The molecule has 0 unspecified atom stereocenters. The number of ether oxygens (including phenoxy) is 3. The lowest BCUT2D eigenvalue weighted by atomic mass is 9.78. The number of benzene rings is 1. The number of nitriles is 1. The minimum Gasteiger partial charge on any atom is -0.454 e. The van der Waals surface area contributed by atoms with E-state index in [1.165, 1.54) is 12.1 Å². The predicted molar refractivity (Wildman–Crippen MR) is 95.8 cm³/mol. The summed E-state index contributed by atoms with van der Waals surface area (Å²) in [5.74, 6) is -0.138. The molecule has 10 nitrogen and oxygen atoms in total.